The minimum absolute atomic E-state index is 0.0175. The standard InChI is InChI=1S/C25H26N8O3/c1-30-8-5-7-25(30)14-31(15-25)20-11-22(36-2)16(10-21(20)33(34)35)17-12-27-24(26)29-23(17)18-13-28-32-9-4-3-6-19(18)32/h3-4,6,9-13H,5,7-8,14-15H2,1-2H3,(H2,26,27,29). The van der Waals surface area contributed by atoms with Crippen molar-refractivity contribution >= 4 is 22.8 Å². The number of nitrogens with two attached hydrogens (primary N) is 1. The first-order valence-electron chi connectivity index (χ1n) is 11.8. The number of nitro groups is 1. The molecule has 0 saturated carbocycles. The Kier molecular flexibility index (Phi) is 5.04. The lowest BCUT2D eigenvalue weighted by Gasteiger charge is -2.52. The number of hydrogen-bond donors (Lipinski definition) is 1. The van der Waals surface area contributed by atoms with Crippen molar-refractivity contribution in [1.29, 1.82) is 0 Å². The number of methoxy groups -OCH3 is 1. The van der Waals surface area contributed by atoms with Crippen LogP contribution in [-0.4, -0.2) is 68.7 Å². The molecular formula is C25H26N8O3. The molecule has 0 bridgehead atoms. The molecule has 0 atom stereocenters. The van der Waals surface area contributed by atoms with E-state index in [1.165, 1.54) is 0 Å². The van der Waals surface area contributed by atoms with E-state index < -0.39 is 0 Å². The number of rotatable bonds is 5. The zero-order valence-electron chi connectivity index (χ0n) is 20.1. The van der Waals surface area contributed by atoms with Crippen molar-refractivity contribution in [1.82, 2.24) is 24.5 Å². The Morgan fingerprint density at radius 2 is 2.00 bits per heavy atom. The number of fused-ring (bicyclic) bond motifs is 1. The summed E-state index contributed by atoms with van der Waals surface area (Å²) in [5, 5.41) is 16.6. The fourth-order valence-corrected chi connectivity index (χ4v) is 5.56. The second kappa shape index (κ2) is 8.16. The van der Waals surface area contributed by atoms with Crippen LogP contribution in [0.15, 0.2) is 48.9 Å². The highest BCUT2D eigenvalue weighted by Gasteiger charge is 2.50. The first kappa shape index (κ1) is 22.2. The van der Waals surface area contributed by atoms with Crippen molar-refractivity contribution in [3.63, 3.8) is 0 Å². The lowest BCUT2D eigenvalue weighted by atomic mass is 9.86. The van der Waals surface area contributed by atoms with Gasteiger partial charge in [0.1, 0.15) is 11.4 Å². The lowest BCUT2D eigenvalue weighted by molar-refractivity contribution is -0.384. The minimum Gasteiger partial charge on any atom is -0.496 e. The molecule has 2 saturated heterocycles. The molecular weight excluding hydrogens is 460 g/mol. The monoisotopic (exact) mass is 486 g/mol. The lowest BCUT2D eigenvalue weighted by Crippen LogP contribution is -2.67. The van der Waals surface area contributed by atoms with E-state index in [1.807, 2.05) is 24.4 Å². The van der Waals surface area contributed by atoms with Crippen molar-refractivity contribution in [2.75, 3.05) is 44.4 Å². The van der Waals surface area contributed by atoms with E-state index in [4.69, 9.17) is 10.5 Å². The van der Waals surface area contributed by atoms with Crippen molar-refractivity contribution in [3.8, 4) is 28.1 Å². The number of aromatic nitrogens is 4. The molecule has 184 valence electrons. The molecule has 11 heteroatoms. The van der Waals surface area contributed by atoms with Gasteiger partial charge in [-0.05, 0) is 38.6 Å². The molecule has 0 unspecified atom stereocenters. The third kappa shape index (κ3) is 3.34. The van der Waals surface area contributed by atoms with Crippen LogP contribution in [0.25, 0.3) is 27.9 Å². The van der Waals surface area contributed by atoms with E-state index in [-0.39, 0.29) is 22.1 Å². The highest BCUT2D eigenvalue weighted by molar-refractivity contribution is 5.91. The number of nitro benzene ring substituents is 1. The van der Waals surface area contributed by atoms with Gasteiger partial charge in [0.15, 0.2) is 0 Å². The summed E-state index contributed by atoms with van der Waals surface area (Å²) < 4.78 is 7.49. The molecule has 6 rings (SSSR count). The van der Waals surface area contributed by atoms with Crippen LogP contribution in [0, 0.1) is 10.1 Å². The summed E-state index contributed by atoms with van der Waals surface area (Å²) in [5.41, 5.74) is 9.82. The Bertz CT molecular complexity index is 1490. The van der Waals surface area contributed by atoms with Gasteiger partial charge in [0.2, 0.25) is 5.95 Å². The van der Waals surface area contributed by atoms with E-state index in [9.17, 15) is 10.1 Å². The summed E-state index contributed by atoms with van der Waals surface area (Å²) >= 11 is 0. The smallest absolute Gasteiger partial charge is 0.293 e. The third-order valence-electron chi connectivity index (χ3n) is 7.53. The number of likely N-dealkylation sites (tertiary alicyclic amines) is 1. The number of benzene rings is 1. The van der Waals surface area contributed by atoms with Gasteiger partial charge in [-0.2, -0.15) is 5.10 Å². The number of ether oxygens (including phenoxy) is 1. The van der Waals surface area contributed by atoms with Crippen LogP contribution in [0.4, 0.5) is 17.3 Å². The summed E-state index contributed by atoms with van der Waals surface area (Å²) in [6.45, 7) is 2.57. The third-order valence-corrected chi connectivity index (χ3v) is 7.53. The summed E-state index contributed by atoms with van der Waals surface area (Å²) in [4.78, 5) is 25.0. The Morgan fingerprint density at radius 3 is 2.72 bits per heavy atom. The molecule has 0 radical (unpaired) electrons. The van der Waals surface area contributed by atoms with Crippen molar-refractivity contribution in [3.05, 3.63) is 59.0 Å². The van der Waals surface area contributed by atoms with Gasteiger partial charge < -0.3 is 15.4 Å². The Labute approximate surface area is 207 Å². The average molecular weight is 487 g/mol. The fourth-order valence-electron chi connectivity index (χ4n) is 5.56. The predicted molar refractivity (Wildman–Crippen MR) is 136 cm³/mol. The first-order valence-corrected chi connectivity index (χ1v) is 11.8. The second-order valence-electron chi connectivity index (χ2n) is 9.48. The molecule has 2 aliphatic heterocycles. The number of anilines is 2. The zero-order valence-corrected chi connectivity index (χ0v) is 20.1. The van der Waals surface area contributed by atoms with Crippen molar-refractivity contribution < 1.29 is 9.66 Å². The maximum absolute atomic E-state index is 12.2. The quantitative estimate of drug-likeness (QED) is 0.334. The van der Waals surface area contributed by atoms with E-state index in [2.05, 4.69) is 31.9 Å². The number of nitrogen functional groups attached to an aromatic ring is 1. The molecule has 0 amide bonds. The van der Waals surface area contributed by atoms with Crippen LogP contribution in [0.5, 0.6) is 5.75 Å². The normalized spacial score (nSPS) is 17.0. The number of hydrogen-bond acceptors (Lipinski definition) is 9. The molecule has 11 nitrogen and oxygen atoms in total. The van der Waals surface area contributed by atoms with Gasteiger partial charge in [0.05, 0.1) is 35.0 Å². The van der Waals surface area contributed by atoms with E-state index >= 15 is 0 Å². The van der Waals surface area contributed by atoms with Crippen LogP contribution in [0.3, 0.4) is 0 Å². The SMILES string of the molecule is COc1cc(N2CC3(CCCN3C)C2)c([N+](=O)[O-])cc1-c1cnc(N)nc1-c1cnn2ccccc12. The van der Waals surface area contributed by atoms with Crippen LogP contribution in [0.2, 0.25) is 0 Å². The molecule has 2 fully saturated rings. The van der Waals surface area contributed by atoms with Gasteiger partial charge in [0, 0.05) is 54.3 Å². The van der Waals surface area contributed by atoms with Gasteiger partial charge >= 0.3 is 0 Å². The zero-order chi connectivity index (χ0) is 25.0. The molecule has 5 heterocycles. The van der Waals surface area contributed by atoms with Gasteiger partial charge in [-0.25, -0.2) is 14.5 Å². The van der Waals surface area contributed by atoms with E-state index in [0.29, 0.717) is 28.3 Å². The number of likely N-dealkylation sites (N-methyl/N-ethyl adjacent to an activating group) is 1. The largest absolute Gasteiger partial charge is 0.496 e. The van der Waals surface area contributed by atoms with Crippen molar-refractivity contribution in [2.24, 2.45) is 0 Å². The molecule has 1 spiro atoms. The minimum atomic E-state index is -0.339. The average Bonchev–Trinajstić information content (AvgIpc) is 3.46. The van der Waals surface area contributed by atoms with Gasteiger partial charge in [-0.3, -0.25) is 15.0 Å². The second-order valence-corrected chi connectivity index (χ2v) is 9.48. The topological polar surface area (TPSA) is 128 Å². The molecule has 36 heavy (non-hydrogen) atoms. The van der Waals surface area contributed by atoms with Crippen LogP contribution in [0.1, 0.15) is 12.8 Å². The molecule has 3 aromatic heterocycles. The van der Waals surface area contributed by atoms with E-state index in [0.717, 1.165) is 43.6 Å². The van der Waals surface area contributed by atoms with Crippen LogP contribution in [-0.2, 0) is 0 Å². The number of nitrogens with zero attached hydrogens (tertiary/aromatic N) is 7. The molecule has 1 aromatic carbocycles. The highest BCUT2D eigenvalue weighted by Crippen LogP contribution is 2.47. The Hall–Kier alpha value is -4.25. The first-order chi connectivity index (χ1) is 17.4. The molecule has 2 N–H and O–H groups in total. The molecule has 0 aliphatic carbocycles. The van der Waals surface area contributed by atoms with Crippen LogP contribution < -0.4 is 15.4 Å². The molecule has 2 aliphatic rings. The summed E-state index contributed by atoms with van der Waals surface area (Å²) in [6, 6.07) is 9.03. The maximum Gasteiger partial charge on any atom is 0.293 e. The van der Waals surface area contributed by atoms with E-state index in [1.54, 1.807) is 36.2 Å². The molecule has 4 aromatic rings. The van der Waals surface area contributed by atoms with Gasteiger partial charge in [0.25, 0.3) is 5.69 Å². The Balaban J connectivity index is 1.48. The highest BCUT2D eigenvalue weighted by atomic mass is 16.6. The summed E-state index contributed by atoms with van der Waals surface area (Å²) in [5.74, 6) is 0.600. The maximum atomic E-state index is 12.2. The predicted octanol–water partition coefficient (Wildman–Crippen LogP) is 3.24. The number of pyridine rings is 1. The summed E-state index contributed by atoms with van der Waals surface area (Å²) in [6.07, 6.45) is 7.38. The van der Waals surface area contributed by atoms with Gasteiger partial charge in [-0.1, -0.05) is 6.07 Å². The summed E-state index contributed by atoms with van der Waals surface area (Å²) in [7, 11) is 3.69. The Morgan fingerprint density at radius 1 is 1.17 bits per heavy atom. The fraction of sp³-hybridized carbons (Fsp3) is 0.320. The van der Waals surface area contributed by atoms with Gasteiger partial charge in [-0.15, -0.1) is 0 Å². The van der Waals surface area contributed by atoms with Crippen molar-refractivity contribution in [2.45, 2.75) is 18.4 Å². The van der Waals surface area contributed by atoms with Crippen LogP contribution >= 0.6 is 0 Å².